The van der Waals surface area contributed by atoms with Gasteiger partial charge in [-0.2, -0.15) is 0 Å². The van der Waals surface area contributed by atoms with Gasteiger partial charge in [-0.05, 0) is 37.3 Å². The fourth-order valence-corrected chi connectivity index (χ4v) is 5.36. The second kappa shape index (κ2) is 5.77. The number of rotatable bonds is 3. The first kappa shape index (κ1) is 15.3. The topological polar surface area (TPSA) is 32.7 Å². The van der Waals surface area contributed by atoms with Crippen molar-refractivity contribution in [3.05, 3.63) is 59.7 Å². The average Bonchev–Trinajstić information content (AvgIpc) is 2.94. The summed E-state index contributed by atoms with van der Waals surface area (Å²) in [6.45, 7) is 2.07. The number of nitrogens with zero attached hydrogens (tertiary/aromatic N) is 1. The molecule has 1 aliphatic carbocycles. The van der Waals surface area contributed by atoms with E-state index in [4.69, 9.17) is 4.74 Å². The minimum absolute atomic E-state index is 0.125. The normalized spacial score (nSPS) is 30.4. The van der Waals surface area contributed by atoms with Gasteiger partial charge in [0.05, 0.1) is 0 Å². The van der Waals surface area contributed by atoms with Crippen LogP contribution in [0.4, 0.5) is 0 Å². The Morgan fingerprint density at radius 1 is 1.12 bits per heavy atom. The molecule has 0 aromatic heterocycles. The Morgan fingerprint density at radius 2 is 2.00 bits per heavy atom. The van der Waals surface area contributed by atoms with E-state index in [1.165, 1.54) is 36.8 Å². The summed E-state index contributed by atoms with van der Waals surface area (Å²) in [5, 5.41) is 10.3. The number of hydrogen-bond acceptors (Lipinski definition) is 3. The maximum absolute atomic E-state index is 10.3. The maximum atomic E-state index is 10.3. The number of piperidine rings is 1. The minimum atomic E-state index is 0.125. The van der Waals surface area contributed by atoms with Crippen LogP contribution in [0.5, 0.6) is 11.5 Å². The van der Waals surface area contributed by atoms with E-state index in [9.17, 15) is 5.11 Å². The zero-order valence-electron chi connectivity index (χ0n) is 14.5. The summed E-state index contributed by atoms with van der Waals surface area (Å²) >= 11 is 0. The van der Waals surface area contributed by atoms with E-state index >= 15 is 0 Å². The van der Waals surface area contributed by atoms with Crippen LogP contribution in [0.15, 0.2) is 48.5 Å². The van der Waals surface area contributed by atoms with E-state index in [1.807, 2.05) is 6.07 Å². The minimum Gasteiger partial charge on any atom is -0.504 e. The smallest absolute Gasteiger partial charge is 0.165 e. The largest absolute Gasteiger partial charge is 0.504 e. The first-order valence-electron chi connectivity index (χ1n) is 9.53. The van der Waals surface area contributed by atoms with Crippen LogP contribution < -0.4 is 4.74 Å². The van der Waals surface area contributed by atoms with E-state index in [0.29, 0.717) is 11.8 Å². The van der Waals surface area contributed by atoms with E-state index in [0.717, 1.165) is 25.3 Å². The van der Waals surface area contributed by atoms with Crippen molar-refractivity contribution < 1.29 is 9.84 Å². The van der Waals surface area contributed by atoms with Crippen molar-refractivity contribution in [3.8, 4) is 11.5 Å². The van der Waals surface area contributed by atoms with E-state index in [2.05, 4.69) is 41.3 Å². The SMILES string of the molecule is Oc1cccc2c1O[C@H]1CN(CCc3ccccc3)[C@H]3CCC[C@]21C3. The van der Waals surface area contributed by atoms with Crippen LogP contribution in [-0.2, 0) is 11.8 Å². The molecule has 130 valence electrons. The number of aromatic hydroxyl groups is 1. The lowest BCUT2D eigenvalue weighted by Crippen LogP contribution is -2.59. The number of benzene rings is 2. The Morgan fingerprint density at radius 3 is 2.88 bits per heavy atom. The monoisotopic (exact) mass is 335 g/mol. The highest BCUT2D eigenvalue weighted by Gasteiger charge is 2.56. The van der Waals surface area contributed by atoms with Crippen molar-refractivity contribution in [1.82, 2.24) is 4.90 Å². The van der Waals surface area contributed by atoms with Crippen molar-refractivity contribution in [3.63, 3.8) is 0 Å². The number of likely N-dealkylation sites (tertiary alicyclic amines) is 1. The molecule has 3 aliphatic rings. The summed E-state index contributed by atoms with van der Waals surface area (Å²) in [6, 6.07) is 17.3. The summed E-state index contributed by atoms with van der Waals surface area (Å²) in [4.78, 5) is 2.64. The highest BCUT2D eigenvalue weighted by Crippen LogP contribution is 2.56. The standard InChI is InChI=1S/C22H25NO2/c24-19-10-4-9-18-21(19)25-20-15-23(13-11-16-6-2-1-3-7-16)17-8-5-12-22(18,20)14-17/h1-4,6-7,9-10,17,20,24H,5,8,11-15H2/t17-,20-,22-/m0/s1. The van der Waals surface area contributed by atoms with Gasteiger partial charge < -0.3 is 9.84 Å². The molecule has 2 fully saturated rings. The molecule has 0 amide bonds. The molecule has 1 N–H and O–H groups in total. The number of phenols is 1. The molecular formula is C22H25NO2. The summed E-state index contributed by atoms with van der Waals surface area (Å²) in [5.74, 6) is 1.05. The Hall–Kier alpha value is -2.00. The predicted molar refractivity (Wildman–Crippen MR) is 98.2 cm³/mol. The van der Waals surface area contributed by atoms with Crippen molar-refractivity contribution in [1.29, 1.82) is 0 Å². The van der Waals surface area contributed by atoms with Gasteiger partial charge in [0.15, 0.2) is 11.5 Å². The van der Waals surface area contributed by atoms with Gasteiger partial charge in [0.25, 0.3) is 0 Å². The lowest BCUT2D eigenvalue weighted by Gasteiger charge is -2.51. The molecule has 25 heavy (non-hydrogen) atoms. The lowest BCUT2D eigenvalue weighted by atomic mass is 9.63. The Balaban J connectivity index is 1.40. The summed E-state index contributed by atoms with van der Waals surface area (Å²) in [5.41, 5.74) is 2.79. The highest BCUT2D eigenvalue weighted by atomic mass is 16.5. The van der Waals surface area contributed by atoms with E-state index in [1.54, 1.807) is 6.07 Å². The third kappa shape index (κ3) is 2.36. The molecule has 1 saturated carbocycles. The molecular weight excluding hydrogens is 310 g/mol. The first-order chi connectivity index (χ1) is 12.3. The summed E-state index contributed by atoms with van der Waals surface area (Å²) in [7, 11) is 0. The summed E-state index contributed by atoms with van der Waals surface area (Å²) < 4.78 is 6.31. The third-order valence-corrected chi connectivity index (χ3v) is 6.61. The maximum Gasteiger partial charge on any atom is 0.165 e. The van der Waals surface area contributed by atoms with Gasteiger partial charge in [0, 0.05) is 30.1 Å². The van der Waals surface area contributed by atoms with Gasteiger partial charge in [0.1, 0.15) is 6.10 Å². The van der Waals surface area contributed by atoms with Crippen LogP contribution in [-0.4, -0.2) is 35.2 Å². The molecule has 0 radical (unpaired) electrons. The van der Waals surface area contributed by atoms with Crippen molar-refractivity contribution in [2.75, 3.05) is 13.1 Å². The van der Waals surface area contributed by atoms with Gasteiger partial charge in [-0.3, -0.25) is 4.90 Å². The fourth-order valence-electron chi connectivity index (χ4n) is 5.36. The second-order valence-electron chi connectivity index (χ2n) is 7.90. The number of hydrogen-bond donors (Lipinski definition) is 1. The number of phenolic OH excluding ortho intramolecular Hbond substituents is 1. The van der Waals surface area contributed by atoms with Gasteiger partial charge in [0.2, 0.25) is 0 Å². The van der Waals surface area contributed by atoms with Crippen LogP contribution in [0.2, 0.25) is 0 Å². The van der Waals surface area contributed by atoms with Crippen LogP contribution in [0.3, 0.4) is 0 Å². The Labute approximate surface area is 149 Å². The average molecular weight is 335 g/mol. The van der Waals surface area contributed by atoms with E-state index < -0.39 is 0 Å². The molecule has 1 spiro atoms. The van der Waals surface area contributed by atoms with Gasteiger partial charge in [-0.15, -0.1) is 0 Å². The molecule has 2 aromatic carbocycles. The molecule has 1 saturated heterocycles. The van der Waals surface area contributed by atoms with Crippen molar-refractivity contribution in [2.45, 2.75) is 49.7 Å². The van der Waals surface area contributed by atoms with Gasteiger partial charge in [-0.1, -0.05) is 48.9 Å². The zero-order chi connectivity index (χ0) is 16.9. The molecule has 2 aromatic rings. The highest BCUT2D eigenvalue weighted by molar-refractivity contribution is 5.54. The molecule has 2 aliphatic heterocycles. The number of para-hydroxylation sites is 1. The first-order valence-corrected chi connectivity index (χ1v) is 9.53. The Kier molecular flexibility index (Phi) is 3.53. The number of ether oxygens (including phenoxy) is 1. The quantitative estimate of drug-likeness (QED) is 0.923. The summed E-state index contributed by atoms with van der Waals surface area (Å²) in [6.07, 6.45) is 6.18. The molecule has 3 nitrogen and oxygen atoms in total. The lowest BCUT2D eigenvalue weighted by molar-refractivity contribution is -0.0213. The van der Waals surface area contributed by atoms with Crippen LogP contribution in [0.1, 0.15) is 36.8 Å². The van der Waals surface area contributed by atoms with Crippen molar-refractivity contribution in [2.24, 2.45) is 0 Å². The number of fused-ring (bicyclic) bond motifs is 2. The predicted octanol–water partition coefficient (Wildman–Crippen LogP) is 3.89. The third-order valence-electron chi connectivity index (χ3n) is 6.61. The molecule has 3 atom stereocenters. The van der Waals surface area contributed by atoms with Crippen LogP contribution >= 0.6 is 0 Å². The molecule has 2 bridgehead atoms. The molecule has 0 unspecified atom stereocenters. The molecule has 5 rings (SSSR count). The molecule has 3 heteroatoms. The zero-order valence-corrected chi connectivity index (χ0v) is 14.5. The molecule has 2 heterocycles. The van der Waals surface area contributed by atoms with Crippen LogP contribution in [0.25, 0.3) is 0 Å². The van der Waals surface area contributed by atoms with Gasteiger partial charge >= 0.3 is 0 Å². The fraction of sp³-hybridized carbons (Fsp3) is 0.455. The van der Waals surface area contributed by atoms with Crippen molar-refractivity contribution >= 4 is 0 Å². The van der Waals surface area contributed by atoms with E-state index in [-0.39, 0.29) is 11.5 Å². The van der Waals surface area contributed by atoms with Gasteiger partial charge in [-0.25, -0.2) is 0 Å². The Bertz CT molecular complexity index is 775. The second-order valence-corrected chi connectivity index (χ2v) is 7.90. The van der Waals surface area contributed by atoms with Crippen LogP contribution in [0, 0.1) is 0 Å².